The van der Waals surface area contributed by atoms with Crippen LogP contribution in [-0.4, -0.2) is 18.6 Å². The van der Waals surface area contributed by atoms with E-state index in [1.165, 1.54) is 19.3 Å². The molecule has 0 amide bonds. The van der Waals surface area contributed by atoms with Crippen LogP contribution < -0.4 is 5.32 Å². The topological polar surface area (TPSA) is 38.3 Å². The van der Waals surface area contributed by atoms with Crippen molar-refractivity contribution in [3.05, 3.63) is 30.3 Å². The van der Waals surface area contributed by atoms with E-state index in [4.69, 9.17) is 4.74 Å². The van der Waals surface area contributed by atoms with Crippen LogP contribution in [0.3, 0.4) is 0 Å². The van der Waals surface area contributed by atoms with E-state index in [0.29, 0.717) is 6.42 Å². The van der Waals surface area contributed by atoms with Crippen molar-refractivity contribution in [3.8, 4) is 0 Å². The fraction of sp³-hybridized carbons (Fsp3) is 0.562. The Hall–Kier alpha value is -1.51. The summed E-state index contributed by atoms with van der Waals surface area (Å²) in [5, 5.41) is 3.30. The highest BCUT2D eigenvalue weighted by Crippen LogP contribution is 2.20. The number of para-hydroxylation sites is 1. The van der Waals surface area contributed by atoms with Crippen molar-refractivity contribution < 1.29 is 9.53 Å². The number of anilines is 1. The Balaban J connectivity index is 1.56. The van der Waals surface area contributed by atoms with Crippen molar-refractivity contribution >= 4 is 11.7 Å². The number of carbonyl (C=O) groups is 1. The van der Waals surface area contributed by atoms with Crippen molar-refractivity contribution in [3.63, 3.8) is 0 Å². The Morgan fingerprint density at radius 1 is 1.16 bits per heavy atom. The predicted octanol–water partition coefficient (Wildman–Crippen LogP) is 3.75. The second kappa shape index (κ2) is 7.82. The van der Waals surface area contributed by atoms with Gasteiger partial charge in [-0.3, -0.25) is 4.79 Å². The van der Waals surface area contributed by atoms with Gasteiger partial charge in [-0.05, 0) is 44.2 Å². The molecule has 0 bridgehead atoms. The molecule has 0 saturated heterocycles. The molecule has 0 radical (unpaired) electrons. The second-order valence-electron chi connectivity index (χ2n) is 5.15. The molecule has 1 fully saturated rings. The van der Waals surface area contributed by atoms with Crippen LogP contribution in [0.15, 0.2) is 30.3 Å². The fourth-order valence-electron chi connectivity index (χ4n) is 2.45. The highest BCUT2D eigenvalue weighted by molar-refractivity contribution is 5.69. The van der Waals surface area contributed by atoms with Gasteiger partial charge < -0.3 is 10.1 Å². The van der Waals surface area contributed by atoms with Crippen LogP contribution in [0.5, 0.6) is 0 Å². The molecule has 1 aliphatic carbocycles. The van der Waals surface area contributed by atoms with E-state index in [9.17, 15) is 4.79 Å². The summed E-state index contributed by atoms with van der Waals surface area (Å²) in [6, 6.07) is 10.0. The molecular weight excluding hydrogens is 238 g/mol. The minimum atomic E-state index is -0.0400. The van der Waals surface area contributed by atoms with E-state index >= 15 is 0 Å². The molecule has 2 rings (SSSR count). The molecular formula is C16H23NO2. The molecule has 1 aromatic carbocycles. The van der Waals surface area contributed by atoms with Gasteiger partial charge in [-0.1, -0.05) is 24.6 Å². The van der Waals surface area contributed by atoms with Crippen LogP contribution in [-0.2, 0) is 9.53 Å². The van der Waals surface area contributed by atoms with Crippen LogP contribution in [0.4, 0.5) is 5.69 Å². The maximum absolute atomic E-state index is 11.7. The summed E-state index contributed by atoms with van der Waals surface area (Å²) in [7, 11) is 0. The first kappa shape index (κ1) is 13.9. The Bertz CT molecular complexity index is 372. The normalized spacial score (nSPS) is 16.0. The van der Waals surface area contributed by atoms with Gasteiger partial charge in [0, 0.05) is 18.7 Å². The molecule has 0 spiro atoms. The van der Waals surface area contributed by atoms with E-state index in [0.717, 1.165) is 31.5 Å². The largest absolute Gasteiger partial charge is 0.462 e. The average Bonchev–Trinajstić information content (AvgIpc) is 2.46. The van der Waals surface area contributed by atoms with Gasteiger partial charge in [0.15, 0.2) is 0 Å². The maximum Gasteiger partial charge on any atom is 0.306 e. The SMILES string of the molecule is O=C(CCCNc1ccccc1)OC1CCCCC1. The van der Waals surface area contributed by atoms with E-state index in [1.807, 2.05) is 30.3 Å². The molecule has 1 N–H and O–H groups in total. The molecule has 1 aromatic rings. The molecule has 0 aromatic heterocycles. The predicted molar refractivity (Wildman–Crippen MR) is 77.1 cm³/mol. The molecule has 19 heavy (non-hydrogen) atoms. The molecule has 3 nitrogen and oxygen atoms in total. The number of carbonyl (C=O) groups excluding carboxylic acids is 1. The van der Waals surface area contributed by atoms with Crippen LogP contribution in [0.2, 0.25) is 0 Å². The molecule has 0 heterocycles. The molecule has 0 aliphatic heterocycles. The van der Waals surface area contributed by atoms with Gasteiger partial charge in [0.05, 0.1) is 0 Å². The average molecular weight is 261 g/mol. The third-order valence-electron chi connectivity index (χ3n) is 3.51. The lowest BCUT2D eigenvalue weighted by Gasteiger charge is -2.21. The summed E-state index contributed by atoms with van der Waals surface area (Å²) in [6.45, 7) is 0.809. The lowest BCUT2D eigenvalue weighted by molar-refractivity contribution is -0.150. The minimum Gasteiger partial charge on any atom is -0.462 e. The highest BCUT2D eigenvalue weighted by atomic mass is 16.5. The standard InChI is InChI=1S/C16H23NO2/c18-16(19-15-10-5-2-6-11-15)12-7-13-17-14-8-3-1-4-9-14/h1,3-4,8-9,15,17H,2,5-7,10-13H2. The van der Waals surface area contributed by atoms with Crippen LogP contribution >= 0.6 is 0 Å². The summed E-state index contributed by atoms with van der Waals surface area (Å²) >= 11 is 0. The molecule has 3 heteroatoms. The summed E-state index contributed by atoms with van der Waals surface area (Å²) < 4.78 is 5.48. The number of hydrogen-bond donors (Lipinski definition) is 1. The summed E-state index contributed by atoms with van der Waals surface area (Å²) in [6.07, 6.45) is 7.30. The molecule has 104 valence electrons. The zero-order chi connectivity index (χ0) is 13.3. The molecule has 1 aliphatic rings. The molecule has 1 saturated carbocycles. The number of benzene rings is 1. The zero-order valence-corrected chi connectivity index (χ0v) is 11.4. The third-order valence-corrected chi connectivity index (χ3v) is 3.51. The van der Waals surface area contributed by atoms with Gasteiger partial charge in [-0.25, -0.2) is 0 Å². The number of ether oxygens (including phenoxy) is 1. The first-order chi connectivity index (χ1) is 9.34. The summed E-state index contributed by atoms with van der Waals surface area (Å²) in [5.41, 5.74) is 1.10. The molecule has 0 unspecified atom stereocenters. The monoisotopic (exact) mass is 261 g/mol. The van der Waals surface area contributed by atoms with E-state index in [1.54, 1.807) is 0 Å². The maximum atomic E-state index is 11.7. The second-order valence-corrected chi connectivity index (χ2v) is 5.15. The Morgan fingerprint density at radius 3 is 2.63 bits per heavy atom. The van der Waals surface area contributed by atoms with Crippen LogP contribution in [0.1, 0.15) is 44.9 Å². The first-order valence-electron chi connectivity index (χ1n) is 7.33. The van der Waals surface area contributed by atoms with Crippen molar-refractivity contribution in [2.75, 3.05) is 11.9 Å². The van der Waals surface area contributed by atoms with Crippen molar-refractivity contribution in [2.45, 2.75) is 51.0 Å². The van der Waals surface area contributed by atoms with Gasteiger partial charge >= 0.3 is 5.97 Å². The number of rotatable bonds is 6. The minimum absolute atomic E-state index is 0.0400. The highest BCUT2D eigenvalue weighted by Gasteiger charge is 2.17. The fourth-order valence-corrected chi connectivity index (χ4v) is 2.45. The lowest BCUT2D eigenvalue weighted by atomic mass is 9.98. The Morgan fingerprint density at radius 2 is 1.89 bits per heavy atom. The van der Waals surface area contributed by atoms with Crippen molar-refractivity contribution in [1.29, 1.82) is 0 Å². The quantitative estimate of drug-likeness (QED) is 0.626. The number of nitrogens with one attached hydrogen (secondary N) is 1. The summed E-state index contributed by atoms with van der Waals surface area (Å²) in [5.74, 6) is -0.0400. The van der Waals surface area contributed by atoms with Crippen LogP contribution in [0, 0.1) is 0 Å². The van der Waals surface area contributed by atoms with Gasteiger partial charge in [-0.15, -0.1) is 0 Å². The van der Waals surface area contributed by atoms with E-state index in [-0.39, 0.29) is 12.1 Å². The smallest absolute Gasteiger partial charge is 0.306 e. The van der Waals surface area contributed by atoms with Gasteiger partial charge in [0.25, 0.3) is 0 Å². The van der Waals surface area contributed by atoms with Gasteiger partial charge in [0.1, 0.15) is 6.10 Å². The van der Waals surface area contributed by atoms with Gasteiger partial charge in [-0.2, -0.15) is 0 Å². The van der Waals surface area contributed by atoms with Gasteiger partial charge in [0.2, 0.25) is 0 Å². The zero-order valence-electron chi connectivity index (χ0n) is 11.4. The summed E-state index contributed by atoms with van der Waals surface area (Å²) in [4.78, 5) is 11.7. The Labute approximate surface area is 115 Å². The van der Waals surface area contributed by atoms with E-state index < -0.39 is 0 Å². The first-order valence-corrected chi connectivity index (χ1v) is 7.33. The van der Waals surface area contributed by atoms with Crippen molar-refractivity contribution in [1.82, 2.24) is 0 Å². The molecule has 0 atom stereocenters. The Kier molecular flexibility index (Phi) is 5.73. The van der Waals surface area contributed by atoms with Crippen LogP contribution in [0.25, 0.3) is 0 Å². The number of hydrogen-bond acceptors (Lipinski definition) is 3. The third kappa shape index (κ3) is 5.33. The number of esters is 1. The lowest BCUT2D eigenvalue weighted by Crippen LogP contribution is -2.21. The van der Waals surface area contributed by atoms with E-state index in [2.05, 4.69) is 5.32 Å². The van der Waals surface area contributed by atoms with Crippen molar-refractivity contribution in [2.24, 2.45) is 0 Å².